The molecule has 24 heteroatoms. The summed E-state index contributed by atoms with van der Waals surface area (Å²) in [6.45, 7) is 10.6. The molecular formula is C86H95BrF2N10O7S4. The van der Waals surface area contributed by atoms with Crippen LogP contribution in [-0.2, 0) is 55.0 Å². The molecule has 4 fully saturated rings. The maximum Gasteiger partial charge on any atom is 0.228 e. The molecule has 4 saturated heterocycles. The Kier molecular flexibility index (Phi) is 32.8. The van der Waals surface area contributed by atoms with Crippen LogP contribution in [0, 0.1) is 43.7 Å². The number of amides is 3. The number of hydrogen-bond donors (Lipinski definition) is 5. The van der Waals surface area contributed by atoms with Gasteiger partial charge in [0.05, 0.1) is 27.7 Å². The molecule has 15 rings (SSSR count). The van der Waals surface area contributed by atoms with Crippen LogP contribution in [0.15, 0.2) is 270 Å². The molecule has 0 bridgehead atoms. The highest BCUT2D eigenvalue weighted by molar-refractivity contribution is 9.10. The predicted octanol–water partition coefficient (Wildman–Crippen LogP) is 18.4. The second kappa shape index (κ2) is 41.8. The van der Waals surface area contributed by atoms with E-state index in [9.17, 15) is 28.4 Å². The van der Waals surface area contributed by atoms with E-state index in [1.54, 1.807) is 72.6 Å². The molecular weight excluding hydrogens is 1530 g/mol. The van der Waals surface area contributed by atoms with E-state index in [0.717, 1.165) is 103 Å². The van der Waals surface area contributed by atoms with E-state index >= 15 is 0 Å². The van der Waals surface area contributed by atoms with Crippen LogP contribution in [0.3, 0.4) is 0 Å². The molecule has 11 aromatic rings. The predicted molar refractivity (Wildman–Crippen MR) is 439 cm³/mol. The number of carbonyl (C=O) groups is 3. The van der Waals surface area contributed by atoms with Gasteiger partial charge in [0.15, 0.2) is 0 Å². The van der Waals surface area contributed by atoms with Crippen LogP contribution in [-0.4, -0.2) is 99.6 Å². The molecule has 0 spiro atoms. The van der Waals surface area contributed by atoms with E-state index in [2.05, 4.69) is 136 Å². The SMILES string of the molecule is C.C.Cc1ncc[nH]1.Cc1nccn1-c1ccc(Sc2cccc(C3(C(N)=O)CCOCC3)c2)cc1.Cc1nccn1-c1ccc(Sc2cccc(C3(C(N)=O)CCOCC3)c2)cc1.Fc1ccc(S)cc1.N#CC1(c2cccc(Br)c2)CCOCC1.NC(=O)C1(c2cccc(Sc3ccc(F)cc3)c2)CCOCC1. The van der Waals surface area contributed by atoms with E-state index in [1.165, 1.54) is 36.0 Å². The fraction of sp³-hybridized carbons (Fsp3) is 0.291. The van der Waals surface area contributed by atoms with Crippen molar-refractivity contribution in [2.75, 3.05) is 52.9 Å². The zero-order valence-electron chi connectivity index (χ0n) is 60.3. The lowest BCUT2D eigenvalue weighted by molar-refractivity contribution is -0.127. The Bertz CT molecular complexity index is 4570. The van der Waals surface area contributed by atoms with Crippen LogP contribution >= 0.6 is 63.8 Å². The molecule has 0 aliphatic carbocycles. The lowest BCUT2D eigenvalue weighted by Gasteiger charge is -2.34. The van der Waals surface area contributed by atoms with Crippen molar-refractivity contribution in [3.63, 3.8) is 0 Å². The fourth-order valence-corrected chi connectivity index (χ4v) is 16.3. The van der Waals surface area contributed by atoms with Crippen molar-refractivity contribution in [1.29, 1.82) is 5.26 Å². The third kappa shape index (κ3) is 23.0. The number of aromatic nitrogens is 6. The summed E-state index contributed by atoms with van der Waals surface area (Å²) in [5.41, 5.74) is 21.2. The number of aromatic amines is 1. The van der Waals surface area contributed by atoms with Gasteiger partial charge in [-0.2, -0.15) is 5.26 Å². The average molecular weight is 1630 g/mol. The van der Waals surface area contributed by atoms with Crippen molar-refractivity contribution in [1.82, 2.24) is 29.1 Å². The van der Waals surface area contributed by atoms with E-state index in [-0.39, 0.29) is 49.6 Å². The zero-order chi connectivity index (χ0) is 76.5. The molecule has 3 aromatic heterocycles. The summed E-state index contributed by atoms with van der Waals surface area (Å²) in [5, 5.41) is 9.36. The van der Waals surface area contributed by atoms with Gasteiger partial charge in [0.1, 0.15) is 29.1 Å². The summed E-state index contributed by atoms with van der Waals surface area (Å²) in [4.78, 5) is 59.1. The maximum absolute atomic E-state index is 13.0. The van der Waals surface area contributed by atoms with Gasteiger partial charge < -0.3 is 50.3 Å². The number of aryl methyl sites for hydroxylation is 3. The van der Waals surface area contributed by atoms with Crippen molar-refractivity contribution in [2.45, 2.75) is 143 Å². The third-order valence-corrected chi connectivity index (χ3v) is 23.2. The van der Waals surface area contributed by atoms with Gasteiger partial charge in [-0.1, -0.05) is 115 Å². The molecule has 110 heavy (non-hydrogen) atoms. The molecule has 0 atom stereocenters. The minimum atomic E-state index is -0.655. The van der Waals surface area contributed by atoms with Crippen molar-refractivity contribution in [3.05, 3.63) is 287 Å². The number of hydrogen-bond acceptors (Lipinski definition) is 15. The number of primary amides is 3. The van der Waals surface area contributed by atoms with Gasteiger partial charge in [0.25, 0.3) is 0 Å². The smallest absolute Gasteiger partial charge is 0.228 e. The van der Waals surface area contributed by atoms with Crippen molar-refractivity contribution < 1.29 is 42.1 Å². The van der Waals surface area contributed by atoms with E-state index in [4.69, 9.17) is 36.1 Å². The zero-order valence-corrected chi connectivity index (χ0v) is 65.3. The average Bonchev–Trinajstić information content (AvgIpc) is 0.872. The summed E-state index contributed by atoms with van der Waals surface area (Å²) in [7, 11) is 0. The summed E-state index contributed by atoms with van der Waals surface area (Å²) >= 11 is 12.3. The molecule has 8 aromatic carbocycles. The third-order valence-electron chi connectivity index (χ3n) is 19.4. The molecule has 0 saturated carbocycles. The highest BCUT2D eigenvalue weighted by Gasteiger charge is 2.43. The van der Waals surface area contributed by atoms with E-state index < -0.39 is 16.2 Å². The lowest BCUT2D eigenvalue weighted by Crippen LogP contribution is -2.45. The monoisotopic (exact) mass is 1620 g/mol. The minimum Gasteiger partial charge on any atom is -0.381 e. The summed E-state index contributed by atoms with van der Waals surface area (Å²) in [5.74, 6) is 1.58. The van der Waals surface area contributed by atoms with Crippen LogP contribution in [0.1, 0.15) is 106 Å². The first kappa shape index (κ1) is 86.5. The number of nitrogens with two attached hydrogens (primary N) is 3. The number of imidazole rings is 3. The number of nitriles is 1. The molecule has 4 aliphatic heterocycles. The quantitative estimate of drug-likeness (QED) is 0.0599. The number of thiol groups is 1. The van der Waals surface area contributed by atoms with Gasteiger partial charge >= 0.3 is 0 Å². The number of H-pyrrole nitrogens is 1. The van der Waals surface area contributed by atoms with Gasteiger partial charge in [-0.05, 0) is 240 Å². The van der Waals surface area contributed by atoms with Crippen LogP contribution < -0.4 is 17.2 Å². The molecule has 0 unspecified atom stereocenters. The largest absolute Gasteiger partial charge is 0.381 e. The first-order chi connectivity index (χ1) is 52.2. The van der Waals surface area contributed by atoms with Gasteiger partial charge in [0.2, 0.25) is 17.7 Å². The topological polar surface area (TPSA) is 254 Å². The summed E-state index contributed by atoms with van der Waals surface area (Å²) in [6, 6.07) is 63.8. The van der Waals surface area contributed by atoms with Crippen LogP contribution in [0.5, 0.6) is 0 Å². The molecule has 4 aliphatic rings. The Morgan fingerprint density at radius 2 is 0.800 bits per heavy atom. The molecule has 7 N–H and O–H groups in total. The normalized spacial score (nSPS) is 15.5. The molecule has 17 nitrogen and oxygen atoms in total. The highest BCUT2D eigenvalue weighted by Crippen LogP contribution is 2.42. The van der Waals surface area contributed by atoms with Crippen molar-refractivity contribution >= 4 is 81.6 Å². The number of ether oxygens (including phenoxy) is 4. The Morgan fingerprint density at radius 1 is 0.464 bits per heavy atom. The summed E-state index contributed by atoms with van der Waals surface area (Å²) in [6.07, 6.45) is 16.4. The Balaban J connectivity index is 0.000000175. The number of carbonyl (C=O) groups excluding carboxylic acids is 3. The first-order valence-corrected chi connectivity index (χ1v) is 39.0. The van der Waals surface area contributed by atoms with E-state index in [0.29, 0.717) is 91.4 Å². The van der Waals surface area contributed by atoms with Gasteiger partial charge in [-0.15, -0.1) is 12.6 Å². The van der Waals surface area contributed by atoms with Crippen LogP contribution in [0.25, 0.3) is 11.4 Å². The highest BCUT2D eigenvalue weighted by atomic mass is 79.9. The standard InChI is InChI=1S/2C22H23N3O2S.C18H18FNO2S.C12H12BrNO.C6H5FS.C4H6N2.2CH4/c2*1-16-24-11-12-25(16)18-5-7-19(8-6-18)28-20-4-2-3-17(15-20)22(21(23)26)9-13-27-14-10-22;19-14-4-6-15(7-5-14)23-16-3-1-2-13(12-16)18(17(20)21)8-10-22-11-9-18;13-11-3-1-2-10(8-11)12(9-14)4-6-15-7-5-12;7-5-1-3-6(8)4-2-5;1-4-5-2-3-6-4;;/h2*2-8,11-12,15H,9-10,13-14H2,1H3,(H2,23,26);1-7,12H,8-11H2,(H2,20,21);1-3,8H,4-7H2;1-4,8H;2-3H,1H3,(H,5,6);2*1H4. The lowest BCUT2D eigenvalue weighted by atomic mass is 9.73. The minimum absolute atomic E-state index is 0. The van der Waals surface area contributed by atoms with Crippen LogP contribution in [0.2, 0.25) is 0 Å². The molecule has 3 amide bonds. The second-order valence-electron chi connectivity index (χ2n) is 26.2. The maximum atomic E-state index is 13.0. The summed E-state index contributed by atoms with van der Waals surface area (Å²) < 4.78 is 51.8. The molecule has 0 radical (unpaired) electrons. The Labute approximate surface area is 670 Å². The number of benzene rings is 8. The molecule has 7 heterocycles. The van der Waals surface area contributed by atoms with Gasteiger partial charge in [-0.3, -0.25) is 14.4 Å². The Hall–Kier alpha value is -9.13. The second-order valence-corrected chi connectivity index (χ2v) is 31.0. The van der Waals surface area contributed by atoms with Crippen molar-refractivity contribution in [3.8, 4) is 17.4 Å². The molecule has 576 valence electrons. The van der Waals surface area contributed by atoms with E-state index in [1.807, 2.05) is 106 Å². The number of rotatable bonds is 15. The van der Waals surface area contributed by atoms with Gasteiger partial charge in [-0.25, -0.2) is 23.7 Å². The van der Waals surface area contributed by atoms with Gasteiger partial charge in [0, 0.05) is 140 Å². The first-order valence-electron chi connectivity index (χ1n) is 35.3. The number of halogens is 3. The van der Waals surface area contributed by atoms with Crippen LogP contribution in [0.4, 0.5) is 8.78 Å². The van der Waals surface area contributed by atoms with Crippen molar-refractivity contribution in [2.24, 2.45) is 17.2 Å². The number of nitrogens with one attached hydrogen (secondary N) is 1. The Morgan fingerprint density at radius 3 is 1.09 bits per heavy atom. The number of nitrogens with zero attached hydrogens (tertiary/aromatic N) is 6. The fourth-order valence-electron chi connectivity index (χ4n) is 13.1.